The highest BCUT2D eigenvalue weighted by Crippen LogP contribution is 2.32. The molecule has 2 aliphatic rings. The van der Waals surface area contributed by atoms with Gasteiger partial charge < -0.3 is 10.6 Å². The predicted octanol–water partition coefficient (Wildman–Crippen LogP) is 1.63. The molecule has 0 bridgehead atoms. The van der Waals surface area contributed by atoms with Crippen molar-refractivity contribution < 1.29 is 0 Å². The van der Waals surface area contributed by atoms with E-state index in [9.17, 15) is 0 Å². The lowest BCUT2D eigenvalue weighted by Crippen LogP contribution is -2.58. The van der Waals surface area contributed by atoms with Gasteiger partial charge in [0.1, 0.15) is 0 Å². The van der Waals surface area contributed by atoms with Gasteiger partial charge in [0.15, 0.2) is 0 Å². The van der Waals surface area contributed by atoms with Crippen LogP contribution in [0.5, 0.6) is 0 Å². The van der Waals surface area contributed by atoms with Crippen molar-refractivity contribution >= 4 is 11.8 Å². The Hall–Kier alpha value is 0.230. The van der Waals surface area contributed by atoms with Crippen LogP contribution in [0.2, 0.25) is 0 Å². The Morgan fingerprint density at radius 2 is 2.11 bits per heavy atom. The molecule has 2 heterocycles. The molecule has 2 unspecified atom stereocenters. The average Bonchev–Trinajstić information content (AvgIpc) is 2.61. The first-order chi connectivity index (χ1) is 8.70. The standard InChI is InChI=1S/C14H29N3S/c1-3-13-11-17(9-10-18-13)14(12-15)5-4-7-16(2)8-6-14/h13H,3-12,15H2,1-2H3. The smallest absolute Gasteiger partial charge is 0.0345 e. The van der Waals surface area contributed by atoms with E-state index in [0.29, 0.717) is 5.54 Å². The molecule has 2 atom stereocenters. The molecule has 0 aliphatic carbocycles. The summed E-state index contributed by atoms with van der Waals surface area (Å²) in [4.78, 5) is 5.20. The molecule has 0 amide bonds. The maximum Gasteiger partial charge on any atom is 0.0345 e. The van der Waals surface area contributed by atoms with Gasteiger partial charge in [-0.25, -0.2) is 0 Å². The van der Waals surface area contributed by atoms with Crippen LogP contribution in [0.1, 0.15) is 32.6 Å². The van der Waals surface area contributed by atoms with Crippen molar-refractivity contribution in [1.29, 1.82) is 0 Å². The third kappa shape index (κ3) is 3.21. The Morgan fingerprint density at radius 1 is 1.28 bits per heavy atom. The lowest BCUT2D eigenvalue weighted by atomic mass is 9.88. The highest BCUT2D eigenvalue weighted by atomic mass is 32.2. The Morgan fingerprint density at radius 3 is 2.83 bits per heavy atom. The zero-order valence-electron chi connectivity index (χ0n) is 12.0. The van der Waals surface area contributed by atoms with E-state index < -0.39 is 0 Å². The van der Waals surface area contributed by atoms with E-state index in [1.54, 1.807) is 0 Å². The molecule has 0 saturated carbocycles. The van der Waals surface area contributed by atoms with Crippen LogP contribution in [0.15, 0.2) is 0 Å². The maximum absolute atomic E-state index is 6.20. The first-order valence-electron chi connectivity index (χ1n) is 7.45. The second kappa shape index (κ2) is 6.60. The quantitative estimate of drug-likeness (QED) is 0.845. The lowest BCUT2D eigenvalue weighted by molar-refractivity contribution is 0.0818. The molecule has 2 rings (SSSR count). The predicted molar refractivity (Wildman–Crippen MR) is 81.2 cm³/mol. The molecule has 0 aromatic carbocycles. The maximum atomic E-state index is 6.20. The Balaban J connectivity index is 2.05. The molecular weight excluding hydrogens is 242 g/mol. The molecule has 0 aromatic heterocycles. The van der Waals surface area contributed by atoms with Gasteiger partial charge in [0.05, 0.1) is 0 Å². The summed E-state index contributed by atoms with van der Waals surface area (Å²) in [6.45, 7) is 8.09. The molecule has 18 heavy (non-hydrogen) atoms. The summed E-state index contributed by atoms with van der Waals surface area (Å²) < 4.78 is 0. The van der Waals surface area contributed by atoms with Crippen molar-refractivity contribution in [2.75, 3.05) is 45.5 Å². The van der Waals surface area contributed by atoms with Crippen molar-refractivity contribution in [3.05, 3.63) is 0 Å². The van der Waals surface area contributed by atoms with E-state index in [1.807, 2.05) is 0 Å². The molecule has 4 heteroatoms. The van der Waals surface area contributed by atoms with Crippen LogP contribution in [0.3, 0.4) is 0 Å². The summed E-state index contributed by atoms with van der Waals surface area (Å²) in [5.41, 5.74) is 6.49. The molecule has 0 spiro atoms. The Labute approximate surface area is 116 Å². The zero-order chi connectivity index (χ0) is 13.0. The highest BCUT2D eigenvalue weighted by Gasteiger charge is 2.38. The van der Waals surface area contributed by atoms with Crippen LogP contribution in [0.4, 0.5) is 0 Å². The van der Waals surface area contributed by atoms with Gasteiger partial charge in [0.2, 0.25) is 0 Å². The number of likely N-dealkylation sites (tertiary alicyclic amines) is 1. The number of rotatable bonds is 3. The monoisotopic (exact) mass is 271 g/mol. The van der Waals surface area contributed by atoms with Crippen molar-refractivity contribution in [3.63, 3.8) is 0 Å². The normalized spacial score (nSPS) is 36.5. The van der Waals surface area contributed by atoms with Crippen molar-refractivity contribution in [2.24, 2.45) is 5.73 Å². The van der Waals surface area contributed by atoms with Gasteiger partial charge in [-0.1, -0.05) is 6.92 Å². The van der Waals surface area contributed by atoms with E-state index in [-0.39, 0.29) is 0 Å². The Bertz CT molecular complexity index is 261. The van der Waals surface area contributed by atoms with Gasteiger partial charge in [-0.05, 0) is 45.8 Å². The topological polar surface area (TPSA) is 32.5 Å². The molecule has 3 nitrogen and oxygen atoms in total. The van der Waals surface area contributed by atoms with Crippen LogP contribution in [-0.4, -0.2) is 66.1 Å². The van der Waals surface area contributed by atoms with Gasteiger partial charge in [-0.3, -0.25) is 4.90 Å². The van der Waals surface area contributed by atoms with Crippen LogP contribution in [0, 0.1) is 0 Å². The number of nitrogens with zero attached hydrogens (tertiary/aromatic N) is 2. The molecule has 2 N–H and O–H groups in total. The van der Waals surface area contributed by atoms with Gasteiger partial charge in [0.25, 0.3) is 0 Å². The fraction of sp³-hybridized carbons (Fsp3) is 1.00. The lowest BCUT2D eigenvalue weighted by Gasteiger charge is -2.47. The summed E-state index contributed by atoms with van der Waals surface area (Å²) >= 11 is 2.15. The average molecular weight is 271 g/mol. The van der Waals surface area contributed by atoms with E-state index in [0.717, 1.165) is 11.8 Å². The summed E-state index contributed by atoms with van der Waals surface area (Å²) in [5, 5.41) is 0.822. The van der Waals surface area contributed by atoms with Crippen LogP contribution < -0.4 is 5.73 Å². The van der Waals surface area contributed by atoms with Gasteiger partial charge in [-0.15, -0.1) is 0 Å². The number of hydrogen-bond acceptors (Lipinski definition) is 4. The third-order valence-corrected chi connectivity index (χ3v) is 6.16. The van der Waals surface area contributed by atoms with Crippen molar-refractivity contribution in [3.8, 4) is 0 Å². The number of thioether (sulfide) groups is 1. The highest BCUT2D eigenvalue weighted by molar-refractivity contribution is 8.00. The van der Waals surface area contributed by atoms with E-state index in [2.05, 4.69) is 35.5 Å². The zero-order valence-corrected chi connectivity index (χ0v) is 12.8. The minimum Gasteiger partial charge on any atom is -0.329 e. The first-order valence-corrected chi connectivity index (χ1v) is 8.50. The molecule has 2 aliphatic heterocycles. The SMILES string of the molecule is CCC1CN(C2(CN)CCCN(C)CC2)CCS1. The second-order valence-corrected chi connectivity index (χ2v) is 7.34. The Kier molecular flexibility index (Phi) is 5.36. The van der Waals surface area contributed by atoms with Gasteiger partial charge in [0, 0.05) is 36.2 Å². The first kappa shape index (κ1) is 14.6. The van der Waals surface area contributed by atoms with Crippen molar-refractivity contribution in [1.82, 2.24) is 9.80 Å². The van der Waals surface area contributed by atoms with Crippen LogP contribution >= 0.6 is 11.8 Å². The van der Waals surface area contributed by atoms with E-state index in [4.69, 9.17) is 5.73 Å². The van der Waals surface area contributed by atoms with E-state index in [1.165, 1.54) is 57.6 Å². The van der Waals surface area contributed by atoms with Crippen LogP contribution in [0.25, 0.3) is 0 Å². The third-order valence-electron chi connectivity index (χ3n) is 4.79. The van der Waals surface area contributed by atoms with Gasteiger partial charge >= 0.3 is 0 Å². The van der Waals surface area contributed by atoms with Crippen molar-refractivity contribution in [2.45, 2.75) is 43.4 Å². The fourth-order valence-electron chi connectivity index (χ4n) is 3.36. The molecular formula is C14H29N3S. The fourth-order valence-corrected chi connectivity index (χ4v) is 4.54. The summed E-state index contributed by atoms with van der Waals surface area (Å²) in [7, 11) is 2.24. The minimum absolute atomic E-state index is 0.291. The van der Waals surface area contributed by atoms with E-state index >= 15 is 0 Å². The number of hydrogen-bond donors (Lipinski definition) is 1. The molecule has 106 valence electrons. The minimum atomic E-state index is 0.291. The molecule has 0 radical (unpaired) electrons. The molecule has 2 saturated heterocycles. The molecule has 0 aromatic rings. The summed E-state index contributed by atoms with van der Waals surface area (Å²) in [6.07, 6.45) is 5.13. The van der Waals surface area contributed by atoms with Crippen LogP contribution in [-0.2, 0) is 0 Å². The second-order valence-electron chi connectivity index (χ2n) is 5.93. The molecule has 2 fully saturated rings. The summed E-state index contributed by atoms with van der Waals surface area (Å²) in [6, 6.07) is 0. The number of nitrogens with two attached hydrogens (primary N) is 1. The van der Waals surface area contributed by atoms with Gasteiger partial charge in [-0.2, -0.15) is 11.8 Å². The summed E-state index contributed by atoms with van der Waals surface area (Å²) in [5.74, 6) is 1.29. The largest absolute Gasteiger partial charge is 0.329 e.